The van der Waals surface area contributed by atoms with Gasteiger partial charge in [0.25, 0.3) is 5.91 Å². The van der Waals surface area contributed by atoms with Crippen molar-refractivity contribution in [2.75, 3.05) is 31.3 Å². The number of benzene rings is 2. The number of rotatable bonds is 12. The van der Waals surface area contributed by atoms with E-state index in [1.165, 1.54) is 42.9 Å². The maximum Gasteiger partial charge on any atom is 0.340 e. The van der Waals surface area contributed by atoms with Crippen molar-refractivity contribution in [2.24, 2.45) is 0 Å². The SMILES string of the molecule is COc1ccc(S(=O)(=O)CC(NC(=O)CNC(=O)CNc2ccccc2C(=O)OC(C)(C)C)C(=O)NO)cc1. The van der Waals surface area contributed by atoms with E-state index in [0.29, 0.717) is 11.4 Å². The molecule has 5 N–H and O–H groups in total. The van der Waals surface area contributed by atoms with Gasteiger partial charge in [-0.05, 0) is 57.2 Å². The van der Waals surface area contributed by atoms with E-state index in [2.05, 4.69) is 16.0 Å². The summed E-state index contributed by atoms with van der Waals surface area (Å²) in [5, 5.41) is 16.3. The minimum atomic E-state index is -4.06. The molecule has 0 bridgehead atoms. The number of para-hydroxylation sites is 1. The first kappa shape index (κ1) is 31.1. The predicted octanol–water partition coefficient (Wildman–Crippen LogP) is 0.643. The highest BCUT2D eigenvalue weighted by molar-refractivity contribution is 7.91. The second kappa shape index (κ2) is 13.6. The molecule has 0 aliphatic carbocycles. The van der Waals surface area contributed by atoms with Crippen LogP contribution >= 0.6 is 0 Å². The van der Waals surface area contributed by atoms with E-state index in [4.69, 9.17) is 14.7 Å². The highest BCUT2D eigenvalue weighted by Crippen LogP contribution is 2.20. The summed E-state index contributed by atoms with van der Waals surface area (Å²) in [5.74, 6) is -3.68. The molecule has 0 aliphatic rings. The van der Waals surface area contributed by atoms with Gasteiger partial charge in [-0.2, -0.15) is 0 Å². The molecule has 0 spiro atoms. The Hall–Kier alpha value is -4.17. The molecule has 13 nitrogen and oxygen atoms in total. The lowest BCUT2D eigenvalue weighted by molar-refractivity contribution is -0.134. The molecule has 0 saturated heterocycles. The molecule has 2 aromatic rings. The number of hydrogen-bond acceptors (Lipinski definition) is 10. The molecule has 212 valence electrons. The summed E-state index contributed by atoms with van der Waals surface area (Å²) >= 11 is 0. The summed E-state index contributed by atoms with van der Waals surface area (Å²) < 4.78 is 35.8. The van der Waals surface area contributed by atoms with Gasteiger partial charge in [-0.3, -0.25) is 19.6 Å². The number of carbonyl (C=O) groups is 4. The fourth-order valence-corrected chi connectivity index (χ4v) is 4.59. The molecule has 0 fully saturated rings. The standard InChI is InChI=1S/C25H32N4O9S/c1-25(2,3)38-24(33)18-7-5-6-8-19(18)26-13-21(30)27-14-22(31)28-20(23(32)29-34)15-39(35,36)17-11-9-16(37-4)10-12-17/h5-12,20,26,34H,13-15H2,1-4H3,(H,27,30)(H,28,31)(H,29,32). The van der Waals surface area contributed by atoms with Crippen LogP contribution in [0.2, 0.25) is 0 Å². The minimum absolute atomic E-state index is 0.126. The maximum absolute atomic E-state index is 12.7. The monoisotopic (exact) mass is 564 g/mol. The van der Waals surface area contributed by atoms with Gasteiger partial charge in [0.05, 0.1) is 36.4 Å². The lowest BCUT2D eigenvalue weighted by Gasteiger charge is -2.20. The van der Waals surface area contributed by atoms with Crippen LogP contribution in [0.3, 0.4) is 0 Å². The number of sulfone groups is 1. The van der Waals surface area contributed by atoms with Gasteiger partial charge in [-0.15, -0.1) is 0 Å². The van der Waals surface area contributed by atoms with Crippen LogP contribution in [0, 0.1) is 0 Å². The van der Waals surface area contributed by atoms with Crippen molar-refractivity contribution < 1.29 is 42.3 Å². The van der Waals surface area contributed by atoms with Crippen molar-refractivity contribution in [3.05, 3.63) is 54.1 Å². The van der Waals surface area contributed by atoms with E-state index < -0.39 is 57.5 Å². The third-order valence-electron chi connectivity index (χ3n) is 5.00. The average Bonchev–Trinajstić information content (AvgIpc) is 2.89. The normalized spacial score (nSPS) is 12.0. The van der Waals surface area contributed by atoms with Gasteiger partial charge in [0.1, 0.15) is 17.4 Å². The number of hydrogen-bond donors (Lipinski definition) is 5. The molecule has 2 rings (SSSR count). The lowest BCUT2D eigenvalue weighted by Crippen LogP contribution is -2.52. The minimum Gasteiger partial charge on any atom is -0.497 e. The van der Waals surface area contributed by atoms with Crippen LogP contribution in [-0.4, -0.2) is 74.9 Å². The van der Waals surface area contributed by atoms with E-state index in [-0.39, 0.29) is 17.0 Å². The molecular formula is C25H32N4O9S. The fraction of sp³-hybridized carbons (Fsp3) is 0.360. The van der Waals surface area contributed by atoms with Crippen LogP contribution in [0.15, 0.2) is 53.4 Å². The Labute approximate surface area is 226 Å². The number of methoxy groups -OCH3 is 1. The van der Waals surface area contributed by atoms with Crippen molar-refractivity contribution in [1.82, 2.24) is 16.1 Å². The summed E-state index contributed by atoms with van der Waals surface area (Å²) in [6.45, 7) is 4.28. The zero-order chi connectivity index (χ0) is 29.2. The fourth-order valence-electron chi connectivity index (χ4n) is 3.17. The quantitative estimate of drug-likeness (QED) is 0.139. The van der Waals surface area contributed by atoms with Gasteiger partial charge in [0.15, 0.2) is 9.84 Å². The van der Waals surface area contributed by atoms with E-state index in [1.807, 2.05) is 0 Å². The molecule has 0 saturated carbocycles. The Morgan fingerprint density at radius 2 is 1.59 bits per heavy atom. The smallest absolute Gasteiger partial charge is 0.340 e. The van der Waals surface area contributed by atoms with Crippen LogP contribution in [0.5, 0.6) is 5.75 Å². The van der Waals surface area contributed by atoms with Crippen molar-refractivity contribution in [1.29, 1.82) is 0 Å². The number of hydroxylamine groups is 1. The number of carbonyl (C=O) groups excluding carboxylic acids is 4. The molecular weight excluding hydrogens is 532 g/mol. The molecule has 0 heterocycles. The summed E-state index contributed by atoms with van der Waals surface area (Å²) in [7, 11) is -2.64. The lowest BCUT2D eigenvalue weighted by atomic mass is 10.1. The van der Waals surface area contributed by atoms with Crippen LogP contribution in [-0.2, 0) is 29.0 Å². The van der Waals surface area contributed by atoms with E-state index >= 15 is 0 Å². The van der Waals surface area contributed by atoms with Crippen molar-refractivity contribution in [3.63, 3.8) is 0 Å². The molecule has 1 atom stereocenters. The summed E-state index contributed by atoms with van der Waals surface area (Å²) in [6.07, 6.45) is 0. The average molecular weight is 565 g/mol. The third kappa shape index (κ3) is 9.90. The summed E-state index contributed by atoms with van der Waals surface area (Å²) in [5.41, 5.74) is 1.17. The number of anilines is 1. The predicted molar refractivity (Wildman–Crippen MR) is 140 cm³/mol. The van der Waals surface area contributed by atoms with Crippen molar-refractivity contribution >= 4 is 39.2 Å². The molecule has 3 amide bonds. The Kier molecular flexibility index (Phi) is 10.8. The zero-order valence-corrected chi connectivity index (χ0v) is 22.8. The Bertz CT molecular complexity index is 1290. The van der Waals surface area contributed by atoms with Crippen molar-refractivity contribution in [2.45, 2.75) is 37.3 Å². The van der Waals surface area contributed by atoms with E-state index in [9.17, 15) is 27.6 Å². The van der Waals surface area contributed by atoms with Gasteiger partial charge < -0.3 is 25.4 Å². The second-order valence-electron chi connectivity index (χ2n) is 9.23. The second-order valence-corrected chi connectivity index (χ2v) is 11.3. The van der Waals surface area contributed by atoms with E-state index in [1.54, 1.807) is 39.0 Å². The van der Waals surface area contributed by atoms with Gasteiger partial charge in [-0.1, -0.05) is 12.1 Å². The van der Waals surface area contributed by atoms with Crippen LogP contribution in [0.4, 0.5) is 5.69 Å². The van der Waals surface area contributed by atoms with Gasteiger partial charge in [0, 0.05) is 5.69 Å². The first-order valence-electron chi connectivity index (χ1n) is 11.7. The topological polar surface area (TPSA) is 189 Å². The number of amides is 3. The van der Waals surface area contributed by atoms with Crippen LogP contribution in [0.25, 0.3) is 0 Å². The molecule has 14 heteroatoms. The van der Waals surface area contributed by atoms with E-state index in [0.717, 1.165) is 0 Å². The maximum atomic E-state index is 12.7. The van der Waals surface area contributed by atoms with Gasteiger partial charge in [0.2, 0.25) is 11.8 Å². The highest BCUT2D eigenvalue weighted by Gasteiger charge is 2.28. The molecule has 0 aromatic heterocycles. The Balaban J connectivity index is 1.95. The van der Waals surface area contributed by atoms with Gasteiger partial charge >= 0.3 is 5.97 Å². The van der Waals surface area contributed by atoms with Gasteiger partial charge in [-0.25, -0.2) is 18.7 Å². The number of ether oxygens (including phenoxy) is 2. The Morgan fingerprint density at radius 1 is 0.949 bits per heavy atom. The summed E-state index contributed by atoms with van der Waals surface area (Å²) in [4.78, 5) is 49.0. The first-order chi connectivity index (χ1) is 18.3. The third-order valence-corrected chi connectivity index (χ3v) is 6.76. The van der Waals surface area contributed by atoms with Crippen LogP contribution < -0.4 is 26.2 Å². The molecule has 2 aromatic carbocycles. The largest absolute Gasteiger partial charge is 0.497 e. The zero-order valence-electron chi connectivity index (χ0n) is 21.9. The van der Waals surface area contributed by atoms with Crippen molar-refractivity contribution in [3.8, 4) is 5.75 Å². The summed E-state index contributed by atoms with van der Waals surface area (Å²) in [6, 6.07) is 10.2. The highest BCUT2D eigenvalue weighted by atomic mass is 32.2. The molecule has 39 heavy (non-hydrogen) atoms. The molecule has 1 unspecified atom stereocenters. The van der Waals surface area contributed by atoms with Crippen LogP contribution in [0.1, 0.15) is 31.1 Å². The Morgan fingerprint density at radius 3 is 2.18 bits per heavy atom. The number of esters is 1. The first-order valence-corrected chi connectivity index (χ1v) is 13.3. The number of nitrogens with one attached hydrogen (secondary N) is 4. The molecule has 0 radical (unpaired) electrons. The molecule has 0 aliphatic heterocycles.